The summed E-state index contributed by atoms with van der Waals surface area (Å²) in [6.07, 6.45) is 1.49. The van der Waals surface area contributed by atoms with Crippen molar-refractivity contribution in [2.45, 2.75) is 18.6 Å². The van der Waals surface area contributed by atoms with Crippen LogP contribution in [0.5, 0.6) is 0 Å². The van der Waals surface area contributed by atoms with Gasteiger partial charge in [-0.3, -0.25) is 9.59 Å². The van der Waals surface area contributed by atoms with Crippen LogP contribution in [0.4, 0.5) is 0 Å². The number of hydrogen-bond acceptors (Lipinski definition) is 4. The molecule has 5 aromatic rings. The lowest BCUT2D eigenvalue weighted by Gasteiger charge is -2.17. The summed E-state index contributed by atoms with van der Waals surface area (Å²) in [5, 5.41) is 19.8. The van der Waals surface area contributed by atoms with E-state index in [1.165, 1.54) is 10.6 Å². The molecule has 3 N–H and O–H groups in total. The summed E-state index contributed by atoms with van der Waals surface area (Å²) >= 11 is 0. The van der Waals surface area contributed by atoms with Gasteiger partial charge in [0.15, 0.2) is 5.69 Å². The fourth-order valence-corrected chi connectivity index (χ4v) is 4.58. The van der Waals surface area contributed by atoms with Gasteiger partial charge in [-0.2, -0.15) is 5.10 Å². The van der Waals surface area contributed by atoms with E-state index in [1.54, 1.807) is 6.20 Å². The van der Waals surface area contributed by atoms with Crippen molar-refractivity contribution >= 4 is 22.2 Å². The highest BCUT2D eigenvalue weighted by atomic mass is 16.3. The zero-order valence-corrected chi connectivity index (χ0v) is 17.5. The van der Waals surface area contributed by atoms with Crippen LogP contribution in [0.25, 0.3) is 27.5 Å². The molecular formula is C26H20N4O3. The second-order valence-electron chi connectivity index (χ2n) is 8.34. The highest BCUT2D eigenvalue weighted by Gasteiger charge is 2.32. The van der Waals surface area contributed by atoms with E-state index in [-0.39, 0.29) is 16.8 Å². The zero-order chi connectivity index (χ0) is 22.5. The van der Waals surface area contributed by atoms with Crippen LogP contribution in [0, 0.1) is 0 Å². The third-order valence-electron chi connectivity index (χ3n) is 6.25. The molecule has 0 bridgehead atoms. The molecule has 0 saturated carbocycles. The number of rotatable bonds is 3. The van der Waals surface area contributed by atoms with Gasteiger partial charge in [0.05, 0.1) is 24.0 Å². The molecule has 2 atom stereocenters. The van der Waals surface area contributed by atoms with E-state index >= 15 is 0 Å². The van der Waals surface area contributed by atoms with E-state index in [9.17, 15) is 14.7 Å². The summed E-state index contributed by atoms with van der Waals surface area (Å²) in [5.74, 6) is -0.439. The minimum atomic E-state index is -0.703. The molecule has 162 valence electrons. The van der Waals surface area contributed by atoms with Gasteiger partial charge in [0.1, 0.15) is 5.52 Å². The van der Waals surface area contributed by atoms with E-state index < -0.39 is 18.1 Å². The van der Waals surface area contributed by atoms with Crippen molar-refractivity contribution in [3.05, 3.63) is 106 Å². The van der Waals surface area contributed by atoms with E-state index in [0.717, 1.165) is 27.5 Å². The maximum atomic E-state index is 12.9. The zero-order valence-electron chi connectivity index (χ0n) is 17.5. The van der Waals surface area contributed by atoms with Crippen molar-refractivity contribution in [1.29, 1.82) is 0 Å². The lowest BCUT2D eigenvalue weighted by atomic mass is 10.1. The van der Waals surface area contributed by atoms with Gasteiger partial charge in [-0.25, -0.2) is 4.52 Å². The summed E-state index contributed by atoms with van der Waals surface area (Å²) < 4.78 is 1.43. The molecular weight excluding hydrogens is 416 g/mol. The number of nitrogens with one attached hydrogen (secondary N) is 2. The van der Waals surface area contributed by atoms with Crippen LogP contribution in [0.1, 0.15) is 27.7 Å². The predicted octanol–water partition coefficient (Wildman–Crippen LogP) is 3.23. The van der Waals surface area contributed by atoms with E-state index in [0.29, 0.717) is 12.1 Å². The van der Waals surface area contributed by atoms with Gasteiger partial charge in [0.25, 0.3) is 11.5 Å². The fraction of sp³-hybridized carbons (Fsp3) is 0.115. The standard InChI is InChI=1S/C26H20N4O3/c31-23-12-17-7-3-4-8-19(17)24(23)28-25(32)20-13-22-26(33)27-21(14-30(22)29-20)18-10-9-15-5-1-2-6-16(15)11-18/h1-11,13-14,23-24,31H,12H2,(H,27,33)(H,28,32)/t23-,24+/m1/s1. The van der Waals surface area contributed by atoms with Gasteiger partial charge in [-0.1, -0.05) is 60.7 Å². The van der Waals surface area contributed by atoms with Gasteiger partial charge >= 0.3 is 0 Å². The molecule has 2 heterocycles. The second kappa shape index (κ2) is 7.43. The largest absolute Gasteiger partial charge is 0.390 e. The Balaban J connectivity index is 1.34. The predicted molar refractivity (Wildman–Crippen MR) is 125 cm³/mol. The molecule has 33 heavy (non-hydrogen) atoms. The average molecular weight is 436 g/mol. The first-order valence-corrected chi connectivity index (χ1v) is 10.8. The average Bonchev–Trinajstić information content (AvgIpc) is 3.40. The van der Waals surface area contributed by atoms with Crippen LogP contribution in [-0.4, -0.2) is 31.7 Å². The number of aromatic amines is 1. The third-order valence-corrected chi connectivity index (χ3v) is 6.25. The number of H-pyrrole nitrogens is 1. The van der Waals surface area contributed by atoms with Crippen molar-refractivity contribution in [1.82, 2.24) is 19.9 Å². The number of aliphatic hydroxyl groups is 1. The molecule has 2 aromatic heterocycles. The molecule has 7 nitrogen and oxygen atoms in total. The van der Waals surface area contributed by atoms with Crippen molar-refractivity contribution in [3.8, 4) is 11.3 Å². The summed E-state index contributed by atoms with van der Waals surface area (Å²) in [5.41, 5.74) is 3.43. The van der Waals surface area contributed by atoms with Gasteiger partial charge in [0.2, 0.25) is 0 Å². The molecule has 1 aliphatic rings. The van der Waals surface area contributed by atoms with Crippen LogP contribution in [-0.2, 0) is 6.42 Å². The summed E-state index contributed by atoms with van der Waals surface area (Å²) in [6, 6.07) is 22.5. The monoisotopic (exact) mass is 436 g/mol. The van der Waals surface area contributed by atoms with E-state index in [4.69, 9.17) is 0 Å². The number of hydrogen-bond donors (Lipinski definition) is 3. The normalized spacial score (nSPS) is 17.4. The first kappa shape index (κ1) is 19.5. The Kier molecular flexibility index (Phi) is 4.38. The number of carbonyl (C=O) groups excluding carboxylic acids is 1. The molecule has 0 radical (unpaired) electrons. The Hall–Kier alpha value is -4.23. The highest BCUT2D eigenvalue weighted by Crippen LogP contribution is 2.31. The second-order valence-corrected chi connectivity index (χ2v) is 8.34. The molecule has 0 saturated heterocycles. The molecule has 1 aliphatic carbocycles. The summed E-state index contributed by atoms with van der Waals surface area (Å²) in [7, 11) is 0. The number of nitrogens with zero attached hydrogens (tertiary/aromatic N) is 2. The first-order valence-electron chi connectivity index (χ1n) is 10.8. The quantitative estimate of drug-likeness (QED) is 0.404. The first-order chi connectivity index (χ1) is 16.1. The minimum Gasteiger partial charge on any atom is -0.390 e. The smallest absolute Gasteiger partial charge is 0.274 e. The topological polar surface area (TPSA) is 99.5 Å². The Morgan fingerprint density at radius 2 is 1.82 bits per heavy atom. The van der Waals surface area contributed by atoms with Crippen LogP contribution in [0.15, 0.2) is 83.8 Å². The number of fused-ring (bicyclic) bond motifs is 3. The van der Waals surface area contributed by atoms with Gasteiger partial charge < -0.3 is 15.4 Å². The van der Waals surface area contributed by atoms with Crippen molar-refractivity contribution in [2.24, 2.45) is 0 Å². The van der Waals surface area contributed by atoms with Gasteiger partial charge in [-0.05, 0) is 28.0 Å². The lowest BCUT2D eigenvalue weighted by Crippen LogP contribution is -2.34. The Labute approximate surface area is 188 Å². The molecule has 3 aromatic carbocycles. The molecule has 0 unspecified atom stereocenters. The number of aromatic nitrogens is 3. The number of aliphatic hydroxyl groups excluding tert-OH is 1. The maximum absolute atomic E-state index is 12.9. The van der Waals surface area contributed by atoms with Gasteiger partial charge in [0, 0.05) is 18.1 Å². The van der Waals surface area contributed by atoms with Crippen molar-refractivity contribution < 1.29 is 9.90 Å². The van der Waals surface area contributed by atoms with Crippen molar-refractivity contribution in [3.63, 3.8) is 0 Å². The molecule has 0 fully saturated rings. The highest BCUT2D eigenvalue weighted by molar-refractivity contribution is 5.94. The van der Waals surface area contributed by atoms with Crippen molar-refractivity contribution in [2.75, 3.05) is 0 Å². The minimum absolute atomic E-state index is 0.118. The molecule has 1 amide bonds. The van der Waals surface area contributed by atoms with Crippen LogP contribution >= 0.6 is 0 Å². The van der Waals surface area contributed by atoms with Crippen LogP contribution in [0.3, 0.4) is 0 Å². The summed E-state index contributed by atoms with van der Waals surface area (Å²) in [6.45, 7) is 0. The Bertz CT molecular complexity index is 1600. The van der Waals surface area contributed by atoms with Gasteiger partial charge in [-0.15, -0.1) is 0 Å². The summed E-state index contributed by atoms with van der Waals surface area (Å²) in [4.78, 5) is 28.6. The van der Waals surface area contributed by atoms with E-state index in [2.05, 4.69) is 15.4 Å². The SMILES string of the molecule is O=C(N[C@H]1c2ccccc2C[C@H]1O)c1cc2c(=O)[nH]c(-c3ccc4ccccc4c3)cn2n1. The Morgan fingerprint density at radius 1 is 1.03 bits per heavy atom. The maximum Gasteiger partial charge on any atom is 0.274 e. The van der Waals surface area contributed by atoms with Crippen LogP contribution < -0.4 is 10.9 Å². The third kappa shape index (κ3) is 3.30. The number of benzene rings is 3. The fourth-order valence-electron chi connectivity index (χ4n) is 4.58. The Morgan fingerprint density at radius 3 is 2.70 bits per heavy atom. The van der Waals surface area contributed by atoms with Crippen LogP contribution in [0.2, 0.25) is 0 Å². The number of amides is 1. The molecule has 0 aliphatic heterocycles. The molecule has 0 spiro atoms. The van der Waals surface area contributed by atoms with E-state index in [1.807, 2.05) is 66.7 Å². The molecule has 7 heteroatoms. The lowest BCUT2D eigenvalue weighted by molar-refractivity contribution is 0.0853. The molecule has 6 rings (SSSR count). The number of carbonyl (C=O) groups is 1.